The van der Waals surface area contributed by atoms with Crippen LogP contribution in [0.1, 0.15) is 17.5 Å². The molecule has 0 bridgehead atoms. The number of aryl methyl sites for hydroxylation is 1. The Bertz CT molecular complexity index is 920. The van der Waals surface area contributed by atoms with Gasteiger partial charge in [0.2, 0.25) is 5.91 Å². The molecular weight excluding hydrogens is 526 g/mol. The number of nitrogens with one attached hydrogen (secondary N) is 3. The van der Waals surface area contributed by atoms with E-state index in [1.54, 1.807) is 19.2 Å². The van der Waals surface area contributed by atoms with E-state index in [1.165, 1.54) is 12.1 Å². The SMILES string of the molecule is CN=C(NCC(=O)Nc1cccc(F)c1)NCc1ccc(C)cc1OCC1CCOC1.I. The maximum absolute atomic E-state index is 13.2. The fourth-order valence-electron chi connectivity index (χ4n) is 3.20. The zero-order chi connectivity index (χ0) is 22.1. The molecule has 1 amide bonds. The molecule has 0 spiro atoms. The van der Waals surface area contributed by atoms with E-state index in [0.29, 0.717) is 30.7 Å². The Balaban J connectivity index is 0.00000363. The predicted octanol–water partition coefficient (Wildman–Crippen LogP) is 3.47. The van der Waals surface area contributed by atoms with Crippen molar-refractivity contribution in [3.05, 3.63) is 59.4 Å². The van der Waals surface area contributed by atoms with Gasteiger partial charge in [-0.15, -0.1) is 24.0 Å². The highest BCUT2D eigenvalue weighted by Crippen LogP contribution is 2.22. The van der Waals surface area contributed by atoms with Crippen LogP contribution in [0.2, 0.25) is 0 Å². The van der Waals surface area contributed by atoms with E-state index in [1.807, 2.05) is 25.1 Å². The quantitative estimate of drug-likeness (QED) is 0.264. The maximum atomic E-state index is 13.2. The van der Waals surface area contributed by atoms with E-state index in [-0.39, 0.29) is 36.4 Å². The summed E-state index contributed by atoms with van der Waals surface area (Å²) in [6, 6.07) is 11.8. The summed E-state index contributed by atoms with van der Waals surface area (Å²) >= 11 is 0. The summed E-state index contributed by atoms with van der Waals surface area (Å²) in [6.07, 6.45) is 1.02. The first-order chi connectivity index (χ1) is 15.0. The van der Waals surface area contributed by atoms with Gasteiger partial charge in [-0.25, -0.2) is 4.39 Å². The largest absolute Gasteiger partial charge is 0.493 e. The van der Waals surface area contributed by atoms with Gasteiger partial charge in [0.15, 0.2) is 5.96 Å². The lowest BCUT2D eigenvalue weighted by molar-refractivity contribution is -0.115. The number of carbonyl (C=O) groups excluding carboxylic acids is 1. The van der Waals surface area contributed by atoms with E-state index in [2.05, 4.69) is 20.9 Å². The van der Waals surface area contributed by atoms with Crippen LogP contribution in [0.15, 0.2) is 47.5 Å². The van der Waals surface area contributed by atoms with Crippen LogP contribution in [-0.2, 0) is 16.1 Å². The molecule has 0 aromatic heterocycles. The van der Waals surface area contributed by atoms with Crippen molar-refractivity contribution in [1.29, 1.82) is 0 Å². The lowest BCUT2D eigenvalue weighted by Crippen LogP contribution is -2.41. The molecule has 1 fully saturated rings. The van der Waals surface area contributed by atoms with E-state index in [0.717, 1.165) is 36.5 Å². The molecule has 3 N–H and O–H groups in total. The van der Waals surface area contributed by atoms with Crippen LogP contribution in [0.25, 0.3) is 0 Å². The Morgan fingerprint density at radius 2 is 2.09 bits per heavy atom. The van der Waals surface area contributed by atoms with Crippen LogP contribution in [0.4, 0.5) is 10.1 Å². The molecule has 0 radical (unpaired) electrons. The number of aliphatic imine (C=N–C) groups is 1. The third-order valence-electron chi connectivity index (χ3n) is 4.92. The number of nitrogens with zero attached hydrogens (tertiary/aromatic N) is 1. The van der Waals surface area contributed by atoms with Crippen molar-refractivity contribution in [3.8, 4) is 5.75 Å². The maximum Gasteiger partial charge on any atom is 0.243 e. The molecule has 1 heterocycles. The lowest BCUT2D eigenvalue weighted by Gasteiger charge is -2.17. The number of amides is 1. The molecule has 174 valence electrons. The van der Waals surface area contributed by atoms with Crippen molar-refractivity contribution in [3.63, 3.8) is 0 Å². The molecule has 0 aliphatic carbocycles. The van der Waals surface area contributed by atoms with Gasteiger partial charge < -0.3 is 25.4 Å². The minimum absolute atomic E-state index is 0. The summed E-state index contributed by atoms with van der Waals surface area (Å²) in [4.78, 5) is 16.3. The Labute approximate surface area is 205 Å². The first-order valence-electron chi connectivity index (χ1n) is 10.3. The van der Waals surface area contributed by atoms with Crippen LogP contribution in [0.3, 0.4) is 0 Å². The molecule has 1 atom stereocenters. The lowest BCUT2D eigenvalue weighted by atomic mass is 10.1. The number of anilines is 1. The fourth-order valence-corrected chi connectivity index (χ4v) is 3.20. The summed E-state index contributed by atoms with van der Waals surface area (Å²) < 4.78 is 24.7. The number of guanidine groups is 1. The van der Waals surface area contributed by atoms with Crippen molar-refractivity contribution in [2.24, 2.45) is 10.9 Å². The van der Waals surface area contributed by atoms with Gasteiger partial charge in [0.1, 0.15) is 11.6 Å². The van der Waals surface area contributed by atoms with E-state index < -0.39 is 5.82 Å². The monoisotopic (exact) mass is 556 g/mol. The Hall–Kier alpha value is -2.40. The smallest absolute Gasteiger partial charge is 0.243 e. The topological polar surface area (TPSA) is 84.0 Å². The van der Waals surface area contributed by atoms with Gasteiger partial charge in [-0.1, -0.05) is 18.2 Å². The molecular formula is C23H30FIN4O3. The molecule has 1 saturated heterocycles. The van der Waals surface area contributed by atoms with Crippen molar-refractivity contribution in [2.45, 2.75) is 19.9 Å². The Kier molecular flexibility index (Phi) is 10.7. The number of ether oxygens (including phenoxy) is 2. The summed E-state index contributed by atoms with van der Waals surface area (Å²) in [7, 11) is 1.63. The van der Waals surface area contributed by atoms with Crippen molar-refractivity contribution in [1.82, 2.24) is 10.6 Å². The molecule has 0 saturated carbocycles. The van der Waals surface area contributed by atoms with E-state index >= 15 is 0 Å². The summed E-state index contributed by atoms with van der Waals surface area (Å²) in [5.41, 5.74) is 2.53. The molecule has 2 aromatic rings. The number of hydrogen-bond donors (Lipinski definition) is 3. The van der Waals surface area contributed by atoms with Crippen LogP contribution in [0, 0.1) is 18.7 Å². The van der Waals surface area contributed by atoms with E-state index in [4.69, 9.17) is 9.47 Å². The van der Waals surface area contributed by atoms with Crippen LogP contribution >= 0.6 is 24.0 Å². The molecule has 9 heteroatoms. The van der Waals surface area contributed by atoms with Gasteiger partial charge in [-0.3, -0.25) is 9.79 Å². The first-order valence-corrected chi connectivity index (χ1v) is 10.3. The fraction of sp³-hybridized carbons (Fsp3) is 0.391. The molecule has 1 unspecified atom stereocenters. The first kappa shape index (κ1) is 25.9. The average molecular weight is 556 g/mol. The Morgan fingerprint density at radius 3 is 2.81 bits per heavy atom. The van der Waals surface area contributed by atoms with Gasteiger partial charge in [0, 0.05) is 37.4 Å². The third-order valence-corrected chi connectivity index (χ3v) is 4.92. The average Bonchev–Trinajstić information content (AvgIpc) is 3.27. The summed E-state index contributed by atoms with van der Waals surface area (Å²) in [6.45, 7) is 4.68. The van der Waals surface area contributed by atoms with Gasteiger partial charge in [-0.2, -0.15) is 0 Å². The van der Waals surface area contributed by atoms with Gasteiger partial charge in [-0.05, 0) is 43.2 Å². The van der Waals surface area contributed by atoms with Gasteiger partial charge in [0.05, 0.1) is 19.8 Å². The zero-order valence-electron chi connectivity index (χ0n) is 18.3. The summed E-state index contributed by atoms with van der Waals surface area (Å²) in [5.74, 6) is 1.03. The van der Waals surface area contributed by atoms with Crippen molar-refractivity contribution in [2.75, 3.05) is 38.7 Å². The number of hydrogen-bond acceptors (Lipinski definition) is 4. The highest BCUT2D eigenvalue weighted by Gasteiger charge is 2.17. The molecule has 1 aliphatic rings. The third kappa shape index (κ3) is 8.27. The second-order valence-electron chi connectivity index (χ2n) is 7.49. The van der Waals surface area contributed by atoms with Gasteiger partial charge in [0.25, 0.3) is 0 Å². The minimum Gasteiger partial charge on any atom is -0.493 e. The molecule has 1 aliphatic heterocycles. The predicted molar refractivity (Wildman–Crippen MR) is 134 cm³/mol. The van der Waals surface area contributed by atoms with Crippen molar-refractivity contribution >= 4 is 41.5 Å². The number of benzene rings is 2. The molecule has 3 rings (SSSR count). The van der Waals surface area contributed by atoms with Gasteiger partial charge >= 0.3 is 0 Å². The highest BCUT2D eigenvalue weighted by molar-refractivity contribution is 14.0. The molecule has 7 nitrogen and oxygen atoms in total. The van der Waals surface area contributed by atoms with Crippen LogP contribution in [-0.4, -0.2) is 45.3 Å². The second-order valence-corrected chi connectivity index (χ2v) is 7.49. The normalized spacial score (nSPS) is 15.6. The summed E-state index contributed by atoms with van der Waals surface area (Å²) in [5, 5.41) is 8.79. The Morgan fingerprint density at radius 1 is 1.25 bits per heavy atom. The number of carbonyl (C=O) groups is 1. The van der Waals surface area contributed by atoms with Crippen LogP contribution < -0.4 is 20.7 Å². The molecule has 32 heavy (non-hydrogen) atoms. The molecule has 2 aromatic carbocycles. The number of halogens is 2. The number of rotatable bonds is 8. The zero-order valence-corrected chi connectivity index (χ0v) is 20.6. The standard InChI is InChI=1S/C23H29FN4O3.HI/c1-16-6-7-18(21(10-16)31-15-17-8-9-30-14-17)12-26-23(25-2)27-13-22(29)28-20-5-3-4-19(24)11-20;/h3-7,10-11,17H,8-9,12-15H2,1-2H3,(H,28,29)(H2,25,26,27);1H. The van der Waals surface area contributed by atoms with E-state index in [9.17, 15) is 9.18 Å². The van der Waals surface area contributed by atoms with Crippen LogP contribution in [0.5, 0.6) is 5.75 Å². The second kappa shape index (κ2) is 13.2. The minimum atomic E-state index is -0.403. The van der Waals surface area contributed by atoms with Crippen molar-refractivity contribution < 1.29 is 18.7 Å². The highest BCUT2D eigenvalue weighted by atomic mass is 127.